The summed E-state index contributed by atoms with van der Waals surface area (Å²) < 4.78 is 63.3. The zero-order valence-corrected chi connectivity index (χ0v) is 12.6. The summed E-state index contributed by atoms with van der Waals surface area (Å²) in [7, 11) is -3.91. The highest BCUT2D eigenvalue weighted by molar-refractivity contribution is 7.85. The molecule has 0 aliphatic carbocycles. The second kappa shape index (κ2) is 7.04. The lowest BCUT2D eigenvalue weighted by molar-refractivity contribution is -0.390. The summed E-state index contributed by atoms with van der Waals surface area (Å²) in [6.45, 7) is -1.37. The SMILES string of the molecule is CS(=O)(=O)OCc1c([N+](=O)[O-])ncn1CC(=O)CCC(F)(F)F. The largest absolute Gasteiger partial charge is 0.389 e. The molecular formula is C10H12F3N3O6S. The molecule has 13 heteroatoms. The quantitative estimate of drug-likeness (QED) is 0.388. The van der Waals surface area contributed by atoms with Gasteiger partial charge in [-0.1, -0.05) is 0 Å². The van der Waals surface area contributed by atoms with Gasteiger partial charge in [-0.05, 0) is 9.91 Å². The van der Waals surface area contributed by atoms with Crippen molar-refractivity contribution in [3.8, 4) is 0 Å². The van der Waals surface area contributed by atoms with E-state index in [4.69, 9.17) is 0 Å². The number of ketones is 1. The molecule has 9 nitrogen and oxygen atoms in total. The van der Waals surface area contributed by atoms with Crippen LogP contribution in [0.4, 0.5) is 19.0 Å². The van der Waals surface area contributed by atoms with E-state index in [-0.39, 0.29) is 5.69 Å². The van der Waals surface area contributed by atoms with E-state index >= 15 is 0 Å². The third-order valence-electron chi connectivity index (χ3n) is 2.54. The predicted octanol–water partition coefficient (Wildman–Crippen LogP) is 1.18. The van der Waals surface area contributed by atoms with Crippen LogP contribution in [0.1, 0.15) is 18.5 Å². The zero-order valence-electron chi connectivity index (χ0n) is 11.7. The van der Waals surface area contributed by atoms with Crippen molar-refractivity contribution in [1.29, 1.82) is 0 Å². The third-order valence-corrected chi connectivity index (χ3v) is 3.09. The fourth-order valence-electron chi connectivity index (χ4n) is 1.55. The molecule has 0 fully saturated rings. The first-order valence-electron chi connectivity index (χ1n) is 6.00. The Kier molecular flexibility index (Phi) is 5.82. The second-order valence-electron chi connectivity index (χ2n) is 4.52. The first kappa shape index (κ1) is 19.0. The maximum Gasteiger partial charge on any atom is 0.389 e. The summed E-state index contributed by atoms with van der Waals surface area (Å²) in [5.74, 6) is -1.58. The van der Waals surface area contributed by atoms with Crippen LogP contribution in [-0.2, 0) is 32.2 Å². The average molecular weight is 359 g/mol. The Labute approximate surface area is 128 Å². The van der Waals surface area contributed by atoms with Gasteiger partial charge in [0.2, 0.25) is 6.33 Å². The van der Waals surface area contributed by atoms with Crippen LogP contribution in [-0.4, -0.2) is 41.1 Å². The number of rotatable bonds is 8. The summed E-state index contributed by atoms with van der Waals surface area (Å²) in [5, 5.41) is 10.8. The molecule has 130 valence electrons. The van der Waals surface area contributed by atoms with Crippen molar-refractivity contribution in [3.05, 3.63) is 22.1 Å². The minimum Gasteiger partial charge on any atom is -0.358 e. The van der Waals surface area contributed by atoms with Crippen LogP contribution in [0.5, 0.6) is 0 Å². The third kappa shape index (κ3) is 6.73. The lowest BCUT2D eigenvalue weighted by Gasteiger charge is -2.08. The number of Topliss-reactive ketones (excluding diaryl/α,β-unsaturated/α-hetero) is 1. The van der Waals surface area contributed by atoms with Gasteiger partial charge >= 0.3 is 12.0 Å². The molecule has 0 amide bonds. The Morgan fingerprint density at radius 1 is 1.48 bits per heavy atom. The molecule has 0 bridgehead atoms. The van der Waals surface area contributed by atoms with Crippen LogP contribution in [0.15, 0.2) is 6.33 Å². The molecule has 1 aromatic rings. The van der Waals surface area contributed by atoms with Crippen LogP contribution < -0.4 is 0 Å². The van der Waals surface area contributed by atoms with Gasteiger partial charge in [-0.15, -0.1) is 0 Å². The molecule has 1 heterocycles. The summed E-state index contributed by atoms with van der Waals surface area (Å²) in [6.07, 6.45) is -5.04. The highest BCUT2D eigenvalue weighted by atomic mass is 32.2. The van der Waals surface area contributed by atoms with E-state index in [9.17, 15) is 36.5 Å². The van der Waals surface area contributed by atoms with Gasteiger partial charge in [-0.25, -0.2) is 0 Å². The highest BCUT2D eigenvalue weighted by Crippen LogP contribution is 2.22. The Bertz CT molecular complexity index is 697. The van der Waals surface area contributed by atoms with Gasteiger partial charge in [0, 0.05) is 6.42 Å². The highest BCUT2D eigenvalue weighted by Gasteiger charge is 2.29. The van der Waals surface area contributed by atoms with Gasteiger partial charge < -0.3 is 10.1 Å². The van der Waals surface area contributed by atoms with E-state index in [1.807, 2.05) is 0 Å². The number of hydrogen-bond acceptors (Lipinski definition) is 7. The maximum absolute atomic E-state index is 12.0. The van der Waals surface area contributed by atoms with Gasteiger partial charge in [-0.3, -0.25) is 13.5 Å². The summed E-state index contributed by atoms with van der Waals surface area (Å²) >= 11 is 0. The van der Waals surface area contributed by atoms with Crippen LogP contribution in [0.2, 0.25) is 0 Å². The van der Waals surface area contributed by atoms with Crippen LogP contribution in [0, 0.1) is 10.1 Å². The lowest BCUT2D eigenvalue weighted by Crippen LogP contribution is -2.17. The van der Waals surface area contributed by atoms with Crippen LogP contribution in [0.25, 0.3) is 0 Å². The van der Waals surface area contributed by atoms with Gasteiger partial charge in [-0.2, -0.15) is 21.6 Å². The standard InChI is InChI=1S/C10H12F3N3O6S/c1-23(20,21)22-5-8-9(16(18)19)14-6-15(8)4-7(17)2-3-10(11,12)13/h6H,2-5H2,1H3. The molecule has 0 N–H and O–H groups in total. The molecule has 0 aliphatic heterocycles. The number of carbonyl (C=O) groups is 1. The first-order chi connectivity index (χ1) is 10.4. The van der Waals surface area contributed by atoms with Crippen LogP contribution >= 0.6 is 0 Å². The number of halogens is 3. The van der Waals surface area contributed by atoms with Gasteiger partial charge in [0.1, 0.15) is 12.3 Å². The Morgan fingerprint density at radius 2 is 2.09 bits per heavy atom. The topological polar surface area (TPSA) is 121 Å². The molecule has 0 saturated heterocycles. The van der Waals surface area contributed by atoms with E-state index in [2.05, 4.69) is 9.17 Å². The molecule has 0 aromatic carbocycles. The molecular weight excluding hydrogens is 347 g/mol. The molecule has 0 unspecified atom stereocenters. The predicted molar refractivity (Wildman–Crippen MR) is 68.8 cm³/mol. The number of imidazole rings is 1. The molecule has 23 heavy (non-hydrogen) atoms. The molecule has 0 atom stereocenters. The van der Waals surface area contributed by atoms with E-state index in [0.29, 0.717) is 6.26 Å². The van der Waals surface area contributed by atoms with E-state index in [1.165, 1.54) is 0 Å². The Hall–Kier alpha value is -2.02. The fraction of sp³-hybridized carbons (Fsp3) is 0.600. The number of carbonyl (C=O) groups excluding carboxylic acids is 1. The second-order valence-corrected chi connectivity index (χ2v) is 6.16. The number of nitro groups is 1. The van der Waals surface area contributed by atoms with E-state index < -0.39 is 58.8 Å². The normalized spacial score (nSPS) is 12.3. The monoisotopic (exact) mass is 359 g/mol. The average Bonchev–Trinajstić information content (AvgIpc) is 2.75. The molecule has 1 rings (SSSR count). The fourth-order valence-corrected chi connectivity index (χ4v) is 1.87. The van der Waals surface area contributed by atoms with Gasteiger partial charge in [0.25, 0.3) is 10.1 Å². The van der Waals surface area contributed by atoms with Crippen LogP contribution in [0.3, 0.4) is 0 Å². The van der Waals surface area contributed by atoms with Crippen molar-refractivity contribution >= 4 is 21.7 Å². The van der Waals surface area contributed by atoms with Crippen molar-refractivity contribution in [1.82, 2.24) is 9.55 Å². The summed E-state index contributed by atoms with van der Waals surface area (Å²) in [5.41, 5.74) is -0.333. The Morgan fingerprint density at radius 3 is 2.57 bits per heavy atom. The van der Waals surface area contributed by atoms with Crippen molar-refractivity contribution in [2.45, 2.75) is 32.2 Å². The smallest absolute Gasteiger partial charge is 0.358 e. The maximum atomic E-state index is 12.0. The molecule has 0 saturated carbocycles. The number of hydrogen-bond donors (Lipinski definition) is 0. The Balaban J connectivity index is 2.89. The lowest BCUT2D eigenvalue weighted by atomic mass is 10.2. The van der Waals surface area contributed by atoms with Crippen molar-refractivity contribution < 1.29 is 35.5 Å². The van der Waals surface area contributed by atoms with Crippen molar-refractivity contribution in [3.63, 3.8) is 0 Å². The molecule has 0 radical (unpaired) electrons. The van der Waals surface area contributed by atoms with Crippen molar-refractivity contribution in [2.24, 2.45) is 0 Å². The molecule has 1 aromatic heterocycles. The zero-order chi connectivity index (χ0) is 17.8. The van der Waals surface area contributed by atoms with E-state index in [0.717, 1.165) is 10.9 Å². The summed E-state index contributed by atoms with van der Waals surface area (Å²) in [4.78, 5) is 24.8. The number of nitrogens with zero attached hydrogens (tertiary/aromatic N) is 3. The molecule has 0 spiro atoms. The number of aromatic nitrogens is 2. The van der Waals surface area contributed by atoms with E-state index in [1.54, 1.807) is 0 Å². The minimum atomic E-state index is -4.50. The van der Waals surface area contributed by atoms with Gasteiger partial charge in [0.15, 0.2) is 5.78 Å². The van der Waals surface area contributed by atoms with Crippen molar-refractivity contribution in [2.75, 3.05) is 6.26 Å². The van der Waals surface area contributed by atoms with Gasteiger partial charge in [0.05, 0.1) is 19.2 Å². The minimum absolute atomic E-state index is 0.333. The first-order valence-corrected chi connectivity index (χ1v) is 7.82. The molecule has 0 aliphatic rings. The number of alkyl halides is 3. The summed E-state index contributed by atoms with van der Waals surface area (Å²) in [6, 6.07) is 0.